The first kappa shape index (κ1) is 19.7. The lowest BCUT2D eigenvalue weighted by atomic mass is 10.3. The van der Waals surface area contributed by atoms with Crippen LogP contribution in [0.3, 0.4) is 0 Å². The molecule has 0 aliphatic heterocycles. The van der Waals surface area contributed by atoms with Gasteiger partial charge in [-0.1, -0.05) is 37.1 Å². The number of nitrogens with one attached hydrogen (secondary N) is 2. The fourth-order valence-electron chi connectivity index (χ4n) is 2.04. The maximum Gasteiger partial charge on any atom is 0.261 e. The molecule has 0 saturated heterocycles. The van der Waals surface area contributed by atoms with Crippen molar-refractivity contribution in [1.82, 2.24) is 4.72 Å². The zero-order valence-electron chi connectivity index (χ0n) is 13.6. The van der Waals surface area contributed by atoms with Crippen molar-refractivity contribution in [3.8, 4) is 0 Å². The molecule has 2 rings (SSSR count). The van der Waals surface area contributed by atoms with Crippen LogP contribution in [0, 0.1) is 0 Å². The predicted molar refractivity (Wildman–Crippen MR) is 98.8 cm³/mol. The van der Waals surface area contributed by atoms with Crippen LogP contribution in [0.4, 0.5) is 5.69 Å². The second-order valence-corrected chi connectivity index (χ2v) is 9.23. The Morgan fingerprint density at radius 3 is 2.20 bits per heavy atom. The molecule has 0 amide bonds. The Morgan fingerprint density at radius 2 is 1.56 bits per heavy atom. The van der Waals surface area contributed by atoms with E-state index in [1.54, 1.807) is 6.07 Å². The lowest BCUT2D eigenvalue weighted by molar-refractivity contribution is 0.578. The van der Waals surface area contributed by atoms with E-state index < -0.39 is 20.0 Å². The Hall–Kier alpha value is -1.61. The normalized spacial score (nSPS) is 12.1. The molecule has 2 N–H and O–H groups in total. The first-order valence-corrected chi connectivity index (χ1v) is 11.0. The van der Waals surface area contributed by atoms with Crippen LogP contribution >= 0.6 is 11.6 Å². The first-order chi connectivity index (χ1) is 11.7. The predicted octanol–water partition coefficient (Wildman–Crippen LogP) is 3.22. The summed E-state index contributed by atoms with van der Waals surface area (Å²) in [6, 6.07) is 11.4. The molecule has 0 aliphatic carbocycles. The second-order valence-electron chi connectivity index (χ2n) is 5.34. The molecule has 9 heteroatoms. The van der Waals surface area contributed by atoms with Gasteiger partial charge >= 0.3 is 0 Å². The molecule has 0 spiro atoms. The van der Waals surface area contributed by atoms with Crippen molar-refractivity contribution in [2.75, 3.05) is 11.3 Å². The van der Waals surface area contributed by atoms with E-state index in [-0.39, 0.29) is 15.5 Å². The topological polar surface area (TPSA) is 92.3 Å². The van der Waals surface area contributed by atoms with Gasteiger partial charge in [-0.05, 0) is 42.8 Å². The molecule has 0 radical (unpaired) electrons. The summed E-state index contributed by atoms with van der Waals surface area (Å²) in [6.45, 7) is 2.29. The molecule has 25 heavy (non-hydrogen) atoms. The second kappa shape index (κ2) is 8.18. The van der Waals surface area contributed by atoms with Gasteiger partial charge in [0, 0.05) is 11.6 Å². The zero-order valence-corrected chi connectivity index (χ0v) is 16.0. The van der Waals surface area contributed by atoms with E-state index >= 15 is 0 Å². The molecule has 0 saturated carbocycles. The van der Waals surface area contributed by atoms with Crippen molar-refractivity contribution in [2.45, 2.75) is 29.6 Å². The van der Waals surface area contributed by atoms with Gasteiger partial charge < -0.3 is 0 Å². The minimum atomic E-state index is -3.87. The third-order valence-electron chi connectivity index (χ3n) is 3.33. The fourth-order valence-corrected chi connectivity index (χ4v) is 4.51. The maximum absolute atomic E-state index is 12.4. The Kier molecular flexibility index (Phi) is 6.45. The van der Waals surface area contributed by atoms with Gasteiger partial charge in [0.1, 0.15) is 0 Å². The molecule has 0 atom stereocenters. The SMILES string of the molecule is CCCCNS(=O)(=O)c1cccc(NS(=O)(=O)c2cccc(Cl)c2)c1. The Labute approximate surface area is 153 Å². The van der Waals surface area contributed by atoms with Gasteiger partial charge in [-0.15, -0.1) is 0 Å². The molecular weight excluding hydrogens is 384 g/mol. The maximum atomic E-state index is 12.4. The Bertz CT molecular complexity index is 944. The Morgan fingerprint density at radius 1 is 0.920 bits per heavy atom. The summed E-state index contributed by atoms with van der Waals surface area (Å²) >= 11 is 5.82. The molecule has 0 aromatic heterocycles. The summed E-state index contributed by atoms with van der Waals surface area (Å²) in [4.78, 5) is -0.00997. The molecular formula is C16H19ClN2O4S2. The van der Waals surface area contributed by atoms with Crippen LogP contribution in [0.2, 0.25) is 5.02 Å². The highest BCUT2D eigenvalue weighted by Gasteiger charge is 2.17. The number of halogens is 1. The van der Waals surface area contributed by atoms with Crippen molar-refractivity contribution in [3.05, 3.63) is 53.6 Å². The molecule has 0 fully saturated rings. The van der Waals surface area contributed by atoms with E-state index in [1.165, 1.54) is 42.5 Å². The van der Waals surface area contributed by atoms with Crippen LogP contribution < -0.4 is 9.44 Å². The number of benzene rings is 2. The quantitative estimate of drug-likeness (QED) is 0.663. The van der Waals surface area contributed by atoms with Crippen LogP contribution in [-0.4, -0.2) is 23.4 Å². The summed E-state index contributed by atoms with van der Waals surface area (Å²) in [6.07, 6.45) is 1.59. The monoisotopic (exact) mass is 402 g/mol. The van der Waals surface area contributed by atoms with Crippen molar-refractivity contribution >= 4 is 37.3 Å². The third-order valence-corrected chi connectivity index (χ3v) is 6.40. The summed E-state index contributed by atoms with van der Waals surface area (Å²) in [5.41, 5.74) is 0.151. The van der Waals surface area contributed by atoms with Gasteiger partial charge in [-0.25, -0.2) is 21.6 Å². The lowest BCUT2D eigenvalue weighted by Gasteiger charge is -2.11. The van der Waals surface area contributed by atoms with E-state index in [9.17, 15) is 16.8 Å². The van der Waals surface area contributed by atoms with Crippen LogP contribution in [0.25, 0.3) is 0 Å². The number of rotatable bonds is 8. The number of hydrogen-bond donors (Lipinski definition) is 2. The molecule has 136 valence electrons. The van der Waals surface area contributed by atoms with Crippen molar-refractivity contribution in [3.63, 3.8) is 0 Å². The van der Waals surface area contributed by atoms with Gasteiger partial charge in [0.2, 0.25) is 10.0 Å². The minimum Gasteiger partial charge on any atom is -0.280 e. The van der Waals surface area contributed by atoms with Gasteiger partial charge in [-0.3, -0.25) is 4.72 Å². The van der Waals surface area contributed by atoms with Crippen LogP contribution in [-0.2, 0) is 20.0 Å². The molecule has 0 bridgehead atoms. The average Bonchev–Trinajstić information content (AvgIpc) is 2.55. The van der Waals surface area contributed by atoms with Crippen LogP contribution in [0.15, 0.2) is 58.3 Å². The number of hydrogen-bond acceptors (Lipinski definition) is 4. The minimum absolute atomic E-state index is 0.00472. The molecule has 2 aromatic rings. The highest BCUT2D eigenvalue weighted by Crippen LogP contribution is 2.21. The average molecular weight is 403 g/mol. The van der Waals surface area contributed by atoms with Crippen LogP contribution in [0.1, 0.15) is 19.8 Å². The molecule has 6 nitrogen and oxygen atoms in total. The fraction of sp³-hybridized carbons (Fsp3) is 0.250. The summed E-state index contributed by atoms with van der Waals surface area (Å²) in [5.74, 6) is 0. The Balaban J connectivity index is 2.24. The summed E-state index contributed by atoms with van der Waals surface area (Å²) in [5, 5.41) is 0.291. The third kappa shape index (κ3) is 5.43. The zero-order chi connectivity index (χ0) is 18.5. The van der Waals surface area contributed by atoms with E-state index in [2.05, 4.69) is 9.44 Å². The smallest absolute Gasteiger partial charge is 0.261 e. The number of unbranched alkanes of at least 4 members (excludes halogenated alkanes) is 1. The van der Waals surface area contributed by atoms with Crippen molar-refractivity contribution < 1.29 is 16.8 Å². The largest absolute Gasteiger partial charge is 0.280 e. The highest BCUT2D eigenvalue weighted by atomic mass is 35.5. The molecule has 0 aliphatic rings. The van der Waals surface area contributed by atoms with Gasteiger partial charge in [0.25, 0.3) is 10.0 Å². The van der Waals surface area contributed by atoms with Gasteiger partial charge in [0.15, 0.2) is 0 Å². The first-order valence-electron chi connectivity index (χ1n) is 7.63. The van der Waals surface area contributed by atoms with E-state index in [4.69, 9.17) is 11.6 Å². The van der Waals surface area contributed by atoms with Gasteiger partial charge in [-0.2, -0.15) is 0 Å². The van der Waals surface area contributed by atoms with E-state index in [0.717, 1.165) is 12.8 Å². The van der Waals surface area contributed by atoms with E-state index in [0.29, 0.717) is 11.6 Å². The summed E-state index contributed by atoms with van der Waals surface area (Å²) in [7, 11) is -7.56. The van der Waals surface area contributed by atoms with Gasteiger partial charge in [0.05, 0.1) is 15.5 Å². The summed E-state index contributed by atoms with van der Waals surface area (Å²) < 4.78 is 54.1. The van der Waals surface area contributed by atoms with Crippen molar-refractivity contribution in [2.24, 2.45) is 0 Å². The molecule has 0 unspecified atom stereocenters. The lowest BCUT2D eigenvalue weighted by Crippen LogP contribution is -2.24. The highest BCUT2D eigenvalue weighted by molar-refractivity contribution is 7.92. The molecule has 0 heterocycles. The number of sulfonamides is 2. The van der Waals surface area contributed by atoms with E-state index in [1.807, 2.05) is 6.92 Å². The standard InChI is InChI=1S/C16H19ClN2O4S2/c1-2-3-10-18-24(20,21)16-9-5-7-14(12-16)19-25(22,23)15-8-4-6-13(17)11-15/h4-9,11-12,18-19H,2-3,10H2,1H3. The van der Waals surface area contributed by atoms with Crippen molar-refractivity contribution in [1.29, 1.82) is 0 Å². The molecule has 2 aromatic carbocycles. The van der Waals surface area contributed by atoms with Crippen LogP contribution in [0.5, 0.6) is 0 Å². The number of anilines is 1.